The maximum atomic E-state index is 12.3. The smallest absolute Gasteiger partial charge is 0.276 e. The highest BCUT2D eigenvalue weighted by Crippen LogP contribution is 2.22. The lowest BCUT2D eigenvalue weighted by atomic mass is 10.1. The molecular weight excluding hydrogens is 304 g/mol. The number of carbonyl (C=O) groups is 1. The van der Waals surface area contributed by atoms with E-state index in [1.807, 2.05) is 24.3 Å². The van der Waals surface area contributed by atoms with Gasteiger partial charge in [0, 0.05) is 31.0 Å². The van der Waals surface area contributed by atoms with Gasteiger partial charge in [-0.25, -0.2) is 4.98 Å². The number of aromatic nitrogens is 1. The number of oxazole rings is 1. The Bertz CT molecular complexity index is 646. The third-order valence-electron chi connectivity index (χ3n) is 3.79. The highest BCUT2D eigenvalue weighted by Gasteiger charge is 2.27. The molecular formula is C16H17ClN2O3. The monoisotopic (exact) mass is 320 g/mol. The molecule has 1 aliphatic rings. The summed E-state index contributed by atoms with van der Waals surface area (Å²) in [5.41, 5.74) is 0.400. The van der Waals surface area contributed by atoms with Gasteiger partial charge in [0.25, 0.3) is 5.91 Å². The summed E-state index contributed by atoms with van der Waals surface area (Å²) in [6, 6.07) is 7.34. The minimum absolute atomic E-state index is 0.0730. The van der Waals surface area contributed by atoms with Gasteiger partial charge in [-0.15, -0.1) is 0 Å². The van der Waals surface area contributed by atoms with Crippen molar-refractivity contribution in [3.05, 3.63) is 47.1 Å². The van der Waals surface area contributed by atoms with Gasteiger partial charge in [-0.05, 0) is 31.2 Å². The Morgan fingerprint density at radius 3 is 2.59 bits per heavy atom. The fourth-order valence-corrected chi connectivity index (χ4v) is 2.67. The Hall–Kier alpha value is -2.01. The van der Waals surface area contributed by atoms with Crippen LogP contribution in [0.1, 0.15) is 29.1 Å². The molecule has 1 aromatic carbocycles. The summed E-state index contributed by atoms with van der Waals surface area (Å²) in [6.45, 7) is 3.06. The number of hydrogen-bond donors (Lipinski definition) is 0. The zero-order valence-corrected chi connectivity index (χ0v) is 13.0. The molecule has 0 atom stereocenters. The lowest BCUT2D eigenvalue weighted by molar-refractivity contribution is 0.0589. The van der Waals surface area contributed by atoms with Crippen molar-refractivity contribution < 1.29 is 13.9 Å². The average molecular weight is 321 g/mol. The van der Waals surface area contributed by atoms with Gasteiger partial charge >= 0.3 is 0 Å². The summed E-state index contributed by atoms with van der Waals surface area (Å²) in [5, 5.41) is 0.691. The molecule has 0 radical (unpaired) electrons. The van der Waals surface area contributed by atoms with Crippen LogP contribution in [0.25, 0.3) is 0 Å². The van der Waals surface area contributed by atoms with E-state index in [0.717, 1.165) is 18.6 Å². The van der Waals surface area contributed by atoms with Crippen LogP contribution in [0, 0.1) is 6.92 Å². The van der Waals surface area contributed by atoms with E-state index in [-0.39, 0.29) is 12.0 Å². The third-order valence-corrected chi connectivity index (χ3v) is 4.04. The molecule has 0 aliphatic carbocycles. The summed E-state index contributed by atoms with van der Waals surface area (Å²) in [5.74, 6) is 1.29. The first-order chi connectivity index (χ1) is 10.6. The molecule has 1 fully saturated rings. The molecule has 1 aliphatic heterocycles. The number of ether oxygens (including phenoxy) is 1. The lowest BCUT2D eigenvalue weighted by Gasteiger charge is -2.31. The van der Waals surface area contributed by atoms with Crippen LogP contribution >= 0.6 is 11.6 Å². The molecule has 0 bridgehead atoms. The van der Waals surface area contributed by atoms with Crippen molar-refractivity contribution in [3.8, 4) is 5.75 Å². The Kier molecular flexibility index (Phi) is 4.34. The van der Waals surface area contributed by atoms with Crippen molar-refractivity contribution in [1.29, 1.82) is 0 Å². The SMILES string of the molecule is Cc1ocnc1C(=O)N1CCC(Oc2ccc(Cl)cc2)CC1. The molecule has 1 amide bonds. The molecule has 2 aromatic rings. The summed E-state index contributed by atoms with van der Waals surface area (Å²) < 4.78 is 11.0. The molecule has 1 saturated heterocycles. The van der Waals surface area contributed by atoms with Gasteiger partial charge < -0.3 is 14.1 Å². The number of aryl methyl sites for hydroxylation is 1. The van der Waals surface area contributed by atoms with E-state index in [2.05, 4.69) is 4.98 Å². The molecule has 22 heavy (non-hydrogen) atoms. The number of amides is 1. The van der Waals surface area contributed by atoms with Crippen molar-refractivity contribution in [2.45, 2.75) is 25.9 Å². The molecule has 1 aromatic heterocycles. The Balaban J connectivity index is 1.55. The first-order valence-corrected chi connectivity index (χ1v) is 7.63. The Morgan fingerprint density at radius 2 is 2.00 bits per heavy atom. The fourth-order valence-electron chi connectivity index (χ4n) is 2.54. The quantitative estimate of drug-likeness (QED) is 0.870. The van der Waals surface area contributed by atoms with Crippen LogP contribution in [0.3, 0.4) is 0 Å². The van der Waals surface area contributed by atoms with E-state index in [1.165, 1.54) is 6.39 Å². The molecule has 5 nitrogen and oxygen atoms in total. The molecule has 116 valence electrons. The number of carbonyl (C=O) groups excluding carboxylic acids is 1. The van der Waals surface area contributed by atoms with Crippen molar-refractivity contribution >= 4 is 17.5 Å². The van der Waals surface area contributed by atoms with Gasteiger partial charge in [0.05, 0.1) is 0 Å². The number of likely N-dealkylation sites (tertiary alicyclic amines) is 1. The molecule has 0 saturated carbocycles. The van der Waals surface area contributed by atoms with Crippen LogP contribution in [0.5, 0.6) is 5.75 Å². The maximum absolute atomic E-state index is 12.3. The third kappa shape index (κ3) is 3.25. The molecule has 0 N–H and O–H groups in total. The van der Waals surface area contributed by atoms with Crippen molar-refractivity contribution in [1.82, 2.24) is 9.88 Å². The molecule has 0 unspecified atom stereocenters. The normalized spacial score (nSPS) is 15.8. The van der Waals surface area contributed by atoms with Crippen LogP contribution in [-0.4, -0.2) is 35.0 Å². The number of piperidine rings is 1. The van der Waals surface area contributed by atoms with Crippen LogP contribution in [0.4, 0.5) is 0 Å². The van der Waals surface area contributed by atoms with Gasteiger partial charge in [0.2, 0.25) is 0 Å². The second-order valence-corrected chi connectivity index (χ2v) is 5.76. The van der Waals surface area contributed by atoms with Crippen LogP contribution in [0.15, 0.2) is 35.1 Å². The first kappa shape index (κ1) is 14.9. The molecule has 6 heteroatoms. The number of hydrogen-bond acceptors (Lipinski definition) is 4. The van der Waals surface area contributed by atoms with Crippen LogP contribution in [0.2, 0.25) is 5.02 Å². The summed E-state index contributed by atoms with van der Waals surface area (Å²) in [7, 11) is 0. The largest absolute Gasteiger partial charge is 0.490 e. The zero-order chi connectivity index (χ0) is 15.5. The number of benzene rings is 1. The summed E-state index contributed by atoms with van der Waals surface area (Å²) in [6.07, 6.45) is 3.01. The van der Waals surface area contributed by atoms with Crippen LogP contribution in [-0.2, 0) is 0 Å². The van der Waals surface area contributed by atoms with Gasteiger partial charge in [0.15, 0.2) is 12.1 Å². The van der Waals surface area contributed by atoms with Gasteiger partial charge in [-0.1, -0.05) is 11.6 Å². The predicted octanol–water partition coefficient (Wildman–Crippen LogP) is 3.32. The second-order valence-electron chi connectivity index (χ2n) is 5.32. The van der Waals surface area contributed by atoms with Gasteiger partial charge in [0.1, 0.15) is 17.6 Å². The predicted molar refractivity (Wildman–Crippen MR) is 82.2 cm³/mol. The average Bonchev–Trinajstić information content (AvgIpc) is 2.96. The minimum Gasteiger partial charge on any atom is -0.490 e. The fraction of sp³-hybridized carbons (Fsp3) is 0.375. The molecule has 3 rings (SSSR count). The minimum atomic E-state index is -0.0730. The van der Waals surface area contributed by atoms with E-state index < -0.39 is 0 Å². The zero-order valence-electron chi connectivity index (χ0n) is 12.3. The van der Waals surface area contributed by atoms with Crippen LogP contribution < -0.4 is 4.74 Å². The Morgan fingerprint density at radius 1 is 1.32 bits per heavy atom. The number of rotatable bonds is 3. The number of nitrogens with zero attached hydrogens (tertiary/aromatic N) is 2. The number of halogens is 1. The van der Waals surface area contributed by atoms with E-state index in [9.17, 15) is 4.79 Å². The highest BCUT2D eigenvalue weighted by atomic mass is 35.5. The maximum Gasteiger partial charge on any atom is 0.276 e. The van der Waals surface area contributed by atoms with E-state index in [4.69, 9.17) is 20.8 Å². The molecule has 2 heterocycles. The standard InChI is InChI=1S/C16H17ClN2O3/c1-11-15(18-10-21-11)16(20)19-8-6-14(7-9-19)22-13-4-2-12(17)3-5-13/h2-5,10,14H,6-9H2,1H3. The molecule has 0 spiro atoms. The van der Waals surface area contributed by atoms with E-state index in [1.54, 1.807) is 11.8 Å². The van der Waals surface area contributed by atoms with Crippen molar-refractivity contribution in [3.63, 3.8) is 0 Å². The lowest BCUT2D eigenvalue weighted by Crippen LogP contribution is -2.42. The highest BCUT2D eigenvalue weighted by molar-refractivity contribution is 6.30. The van der Waals surface area contributed by atoms with E-state index >= 15 is 0 Å². The summed E-state index contributed by atoms with van der Waals surface area (Å²) >= 11 is 5.86. The van der Waals surface area contributed by atoms with Gasteiger partial charge in [-0.3, -0.25) is 4.79 Å². The van der Waals surface area contributed by atoms with E-state index in [0.29, 0.717) is 29.6 Å². The second kappa shape index (κ2) is 6.40. The summed E-state index contributed by atoms with van der Waals surface area (Å²) in [4.78, 5) is 18.1. The topological polar surface area (TPSA) is 55.6 Å². The van der Waals surface area contributed by atoms with Crippen molar-refractivity contribution in [2.24, 2.45) is 0 Å². The Labute approximate surface area is 133 Å². The first-order valence-electron chi connectivity index (χ1n) is 7.25. The van der Waals surface area contributed by atoms with Crippen molar-refractivity contribution in [2.75, 3.05) is 13.1 Å². The van der Waals surface area contributed by atoms with Gasteiger partial charge in [-0.2, -0.15) is 0 Å².